The van der Waals surface area contributed by atoms with Crippen molar-refractivity contribution in [2.45, 2.75) is 19.9 Å². The predicted octanol–water partition coefficient (Wildman–Crippen LogP) is 3.90. The van der Waals surface area contributed by atoms with Gasteiger partial charge in [-0.2, -0.15) is 0 Å². The van der Waals surface area contributed by atoms with Crippen molar-refractivity contribution in [1.82, 2.24) is 9.55 Å². The lowest BCUT2D eigenvalue weighted by Crippen LogP contribution is -2.18. The van der Waals surface area contributed by atoms with E-state index < -0.39 is 5.91 Å². The highest BCUT2D eigenvalue weighted by Crippen LogP contribution is 2.22. The maximum Gasteiger partial charge on any atom is 0.248 e. The zero-order chi connectivity index (χ0) is 22.5. The van der Waals surface area contributed by atoms with Gasteiger partial charge in [-0.15, -0.1) is 0 Å². The third-order valence-electron chi connectivity index (χ3n) is 5.23. The van der Waals surface area contributed by atoms with Gasteiger partial charge >= 0.3 is 0 Å². The molecule has 3 aromatic carbocycles. The molecule has 3 N–H and O–H groups in total. The Morgan fingerprint density at radius 1 is 1.00 bits per heavy atom. The van der Waals surface area contributed by atoms with Gasteiger partial charge in [-0.3, -0.25) is 14.9 Å². The highest BCUT2D eigenvalue weighted by molar-refractivity contribution is 5.93. The van der Waals surface area contributed by atoms with E-state index in [1.807, 2.05) is 41.0 Å². The zero-order valence-electron chi connectivity index (χ0n) is 17.7. The number of nitrogens with two attached hydrogens (primary N) is 1. The van der Waals surface area contributed by atoms with Crippen LogP contribution in [-0.4, -0.2) is 28.0 Å². The number of rotatable bonds is 8. The second kappa shape index (κ2) is 9.34. The number of para-hydroxylation sites is 2. The first kappa shape index (κ1) is 21.1. The minimum atomic E-state index is -0.496. The van der Waals surface area contributed by atoms with E-state index >= 15 is 0 Å². The van der Waals surface area contributed by atoms with Crippen molar-refractivity contribution in [1.29, 1.82) is 0 Å². The zero-order valence-corrected chi connectivity index (χ0v) is 17.7. The average Bonchev–Trinajstić information content (AvgIpc) is 3.12. The molecule has 0 spiro atoms. The molecule has 4 aromatic rings. The first-order valence-corrected chi connectivity index (χ1v) is 10.3. The molecule has 0 fully saturated rings. The number of aryl methyl sites for hydroxylation is 1. The Bertz CT molecular complexity index is 1260. The molecule has 0 saturated carbocycles. The molecule has 0 saturated heterocycles. The Kier molecular flexibility index (Phi) is 6.17. The highest BCUT2D eigenvalue weighted by atomic mass is 16.5. The lowest BCUT2D eigenvalue weighted by Gasteiger charge is -2.12. The number of hydrogen-bond acceptors (Lipinski definition) is 4. The third kappa shape index (κ3) is 4.78. The lowest BCUT2D eigenvalue weighted by atomic mass is 10.1. The second-order valence-electron chi connectivity index (χ2n) is 7.47. The summed E-state index contributed by atoms with van der Waals surface area (Å²) < 4.78 is 7.62. The van der Waals surface area contributed by atoms with E-state index in [-0.39, 0.29) is 18.9 Å². The van der Waals surface area contributed by atoms with Crippen LogP contribution in [0.1, 0.15) is 27.9 Å². The number of carbonyl (C=O) groups is 2. The SMILES string of the molecule is Cc1ccccc1Cn1c(NC(=O)CCOc2ccc(C(N)=O)cc2)nc2ccccc21. The monoisotopic (exact) mass is 428 g/mol. The number of nitrogens with zero attached hydrogens (tertiary/aromatic N) is 2. The third-order valence-corrected chi connectivity index (χ3v) is 5.23. The summed E-state index contributed by atoms with van der Waals surface area (Å²) in [7, 11) is 0. The number of benzene rings is 3. The largest absolute Gasteiger partial charge is 0.493 e. The molecule has 7 heteroatoms. The van der Waals surface area contributed by atoms with Crippen LogP contribution in [0.3, 0.4) is 0 Å². The van der Waals surface area contributed by atoms with Gasteiger partial charge in [0, 0.05) is 5.56 Å². The summed E-state index contributed by atoms with van der Waals surface area (Å²) in [6.45, 7) is 2.87. The van der Waals surface area contributed by atoms with Gasteiger partial charge in [0.05, 0.1) is 30.6 Å². The fourth-order valence-corrected chi connectivity index (χ4v) is 3.45. The number of primary amides is 1. The van der Waals surface area contributed by atoms with Crippen molar-refractivity contribution in [3.05, 3.63) is 89.5 Å². The number of ether oxygens (including phenoxy) is 1. The summed E-state index contributed by atoms with van der Waals surface area (Å²) in [5.74, 6) is 0.379. The average molecular weight is 428 g/mol. The summed E-state index contributed by atoms with van der Waals surface area (Å²) in [6.07, 6.45) is 0.158. The molecule has 0 atom stereocenters. The molecule has 0 aliphatic rings. The number of anilines is 1. The number of imidazole rings is 1. The van der Waals surface area contributed by atoms with Crippen LogP contribution in [0, 0.1) is 6.92 Å². The fraction of sp³-hybridized carbons (Fsp3) is 0.160. The van der Waals surface area contributed by atoms with Crippen LogP contribution in [0.15, 0.2) is 72.8 Å². The first-order chi connectivity index (χ1) is 15.5. The first-order valence-electron chi connectivity index (χ1n) is 10.3. The molecule has 32 heavy (non-hydrogen) atoms. The molecule has 1 heterocycles. The molecule has 0 bridgehead atoms. The van der Waals surface area contributed by atoms with Crippen molar-refractivity contribution >= 4 is 28.8 Å². The van der Waals surface area contributed by atoms with Gasteiger partial charge in [-0.05, 0) is 54.4 Å². The number of amides is 2. The summed E-state index contributed by atoms with van der Waals surface area (Å²) >= 11 is 0. The summed E-state index contributed by atoms with van der Waals surface area (Å²) in [6, 6.07) is 22.5. The predicted molar refractivity (Wildman–Crippen MR) is 124 cm³/mol. The van der Waals surface area contributed by atoms with E-state index in [4.69, 9.17) is 10.5 Å². The van der Waals surface area contributed by atoms with Gasteiger partial charge in [0.25, 0.3) is 0 Å². The molecular weight excluding hydrogens is 404 g/mol. The summed E-state index contributed by atoms with van der Waals surface area (Å²) in [5, 5.41) is 2.92. The van der Waals surface area contributed by atoms with Gasteiger partial charge < -0.3 is 15.0 Å². The van der Waals surface area contributed by atoms with Gasteiger partial charge in [-0.1, -0.05) is 36.4 Å². The van der Waals surface area contributed by atoms with Gasteiger partial charge in [0.15, 0.2) is 0 Å². The van der Waals surface area contributed by atoms with E-state index in [0.717, 1.165) is 16.6 Å². The molecule has 1 aromatic heterocycles. The van der Waals surface area contributed by atoms with E-state index in [1.165, 1.54) is 5.56 Å². The Morgan fingerprint density at radius 3 is 2.47 bits per heavy atom. The van der Waals surface area contributed by atoms with E-state index in [9.17, 15) is 9.59 Å². The minimum Gasteiger partial charge on any atom is -0.493 e. The lowest BCUT2D eigenvalue weighted by molar-refractivity contribution is -0.116. The maximum atomic E-state index is 12.6. The number of aromatic nitrogens is 2. The van der Waals surface area contributed by atoms with Crippen LogP contribution in [0.5, 0.6) is 5.75 Å². The van der Waals surface area contributed by atoms with E-state index in [1.54, 1.807) is 24.3 Å². The van der Waals surface area contributed by atoms with Crippen LogP contribution in [0.2, 0.25) is 0 Å². The fourth-order valence-electron chi connectivity index (χ4n) is 3.45. The molecule has 0 radical (unpaired) electrons. The number of fused-ring (bicyclic) bond motifs is 1. The summed E-state index contributed by atoms with van der Waals surface area (Å²) in [4.78, 5) is 28.3. The van der Waals surface area contributed by atoms with Gasteiger partial charge in [0.1, 0.15) is 5.75 Å². The van der Waals surface area contributed by atoms with Crippen LogP contribution in [0.25, 0.3) is 11.0 Å². The molecule has 2 amide bonds. The number of carbonyl (C=O) groups excluding carboxylic acids is 2. The smallest absolute Gasteiger partial charge is 0.248 e. The Hall–Kier alpha value is -4.13. The number of hydrogen-bond donors (Lipinski definition) is 2. The Morgan fingerprint density at radius 2 is 1.72 bits per heavy atom. The van der Waals surface area contributed by atoms with Gasteiger partial charge in [0.2, 0.25) is 17.8 Å². The number of nitrogens with one attached hydrogen (secondary N) is 1. The van der Waals surface area contributed by atoms with Crippen molar-refractivity contribution in [3.63, 3.8) is 0 Å². The molecule has 0 aliphatic carbocycles. The molecule has 4 rings (SSSR count). The van der Waals surface area contributed by atoms with Crippen molar-refractivity contribution in [2.75, 3.05) is 11.9 Å². The maximum absolute atomic E-state index is 12.6. The minimum absolute atomic E-state index is 0.158. The Labute approximate surface area is 185 Å². The molecule has 7 nitrogen and oxygen atoms in total. The van der Waals surface area contributed by atoms with E-state index in [0.29, 0.717) is 23.8 Å². The standard InChI is InChI=1S/C25H24N4O3/c1-17-6-2-3-7-19(17)16-29-22-9-5-4-8-21(22)27-25(29)28-23(30)14-15-32-20-12-10-18(11-13-20)24(26)31/h2-13H,14-16H2,1H3,(H2,26,31)(H,27,28,30). The van der Waals surface area contributed by atoms with Crippen LogP contribution in [0.4, 0.5) is 5.95 Å². The molecular formula is C25H24N4O3. The molecule has 0 aliphatic heterocycles. The van der Waals surface area contributed by atoms with Crippen LogP contribution < -0.4 is 15.8 Å². The van der Waals surface area contributed by atoms with Crippen LogP contribution in [-0.2, 0) is 11.3 Å². The van der Waals surface area contributed by atoms with Crippen LogP contribution >= 0.6 is 0 Å². The van der Waals surface area contributed by atoms with Crippen molar-refractivity contribution < 1.29 is 14.3 Å². The quantitative estimate of drug-likeness (QED) is 0.445. The normalized spacial score (nSPS) is 10.8. The summed E-state index contributed by atoms with van der Waals surface area (Å²) in [5.41, 5.74) is 9.76. The topological polar surface area (TPSA) is 99.2 Å². The van der Waals surface area contributed by atoms with Gasteiger partial charge in [-0.25, -0.2) is 4.98 Å². The highest BCUT2D eigenvalue weighted by Gasteiger charge is 2.14. The molecule has 0 unspecified atom stereocenters. The Balaban J connectivity index is 1.44. The van der Waals surface area contributed by atoms with Crippen molar-refractivity contribution in [3.8, 4) is 5.75 Å². The molecule has 162 valence electrons. The van der Waals surface area contributed by atoms with Crippen molar-refractivity contribution in [2.24, 2.45) is 5.73 Å². The second-order valence-corrected chi connectivity index (χ2v) is 7.47. The van der Waals surface area contributed by atoms with E-state index in [2.05, 4.69) is 29.4 Å².